The second-order valence-corrected chi connectivity index (χ2v) is 3.33. The molecule has 0 atom stereocenters. The highest BCUT2D eigenvalue weighted by Crippen LogP contribution is 1.88. The number of Topliss-reactive ketones (excluding diaryl/α,β-unsaturated/α-hetero) is 1. The molecule has 0 saturated heterocycles. The minimum Gasteiger partial charge on any atom is -0.356 e. The molecule has 0 aromatic heterocycles. The third-order valence-electron chi connectivity index (χ3n) is 1.63. The fraction of sp³-hybridized carbons (Fsp3) is 0.692. The van der Waals surface area contributed by atoms with E-state index in [0.717, 1.165) is 6.42 Å². The van der Waals surface area contributed by atoms with Crippen LogP contribution < -0.4 is 5.32 Å². The van der Waals surface area contributed by atoms with Crippen molar-refractivity contribution in [1.29, 1.82) is 0 Å². The first-order valence-electron chi connectivity index (χ1n) is 5.74. The fourth-order valence-corrected chi connectivity index (χ4v) is 0.825. The number of hydrogen-bond donors (Lipinski definition) is 1. The number of ketones is 1. The van der Waals surface area contributed by atoms with Crippen molar-refractivity contribution in [3.63, 3.8) is 0 Å². The summed E-state index contributed by atoms with van der Waals surface area (Å²) in [7, 11) is 0. The summed E-state index contributed by atoms with van der Waals surface area (Å²) in [6.07, 6.45) is 2.91. The van der Waals surface area contributed by atoms with Crippen molar-refractivity contribution >= 4 is 11.7 Å². The lowest BCUT2D eigenvalue weighted by Gasteiger charge is -1.98. The van der Waals surface area contributed by atoms with Crippen LogP contribution in [0.2, 0.25) is 0 Å². The first-order valence-corrected chi connectivity index (χ1v) is 5.74. The van der Waals surface area contributed by atoms with Crippen LogP contribution in [-0.4, -0.2) is 18.2 Å². The Hall–Kier alpha value is -1.30. The maximum absolute atomic E-state index is 10.7. The number of carbonyl (C=O) groups excluding carboxylic acids is 2. The lowest BCUT2D eigenvalue weighted by molar-refractivity contribution is -0.124. The predicted molar refractivity (Wildman–Crippen MR) is 67.0 cm³/mol. The number of hydrogen-bond acceptors (Lipinski definition) is 2. The quantitative estimate of drug-likeness (QED) is 0.730. The molecule has 0 aromatic rings. The number of unbranched alkanes of at least 4 members (excludes halogenated alkanes) is 1. The van der Waals surface area contributed by atoms with Crippen molar-refractivity contribution in [2.45, 2.75) is 53.4 Å². The first-order chi connectivity index (χ1) is 7.58. The van der Waals surface area contributed by atoms with E-state index >= 15 is 0 Å². The fourth-order valence-electron chi connectivity index (χ4n) is 0.825. The summed E-state index contributed by atoms with van der Waals surface area (Å²) in [6, 6.07) is 0. The smallest absolute Gasteiger partial charge is 0.220 e. The van der Waals surface area contributed by atoms with Crippen LogP contribution in [0, 0.1) is 11.8 Å². The molecule has 0 aromatic carbocycles. The summed E-state index contributed by atoms with van der Waals surface area (Å²) in [5, 5.41) is 2.61. The van der Waals surface area contributed by atoms with Gasteiger partial charge in [0, 0.05) is 25.8 Å². The Morgan fingerprint density at radius 1 is 1.19 bits per heavy atom. The lowest BCUT2D eigenvalue weighted by atomic mass is 10.2. The molecule has 0 unspecified atom stereocenters. The van der Waals surface area contributed by atoms with Gasteiger partial charge in [0.1, 0.15) is 5.78 Å². The van der Waals surface area contributed by atoms with Gasteiger partial charge in [-0.15, -0.1) is 11.8 Å². The van der Waals surface area contributed by atoms with Gasteiger partial charge in [0.25, 0.3) is 0 Å². The van der Waals surface area contributed by atoms with Crippen LogP contribution in [0.25, 0.3) is 0 Å². The molecule has 3 nitrogen and oxygen atoms in total. The molecule has 0 radical (unpaired) electrons. The van der Waals surface area contributed by atoms with Crippen LogP contribution >= 0.6 is 0 Å². The van der Waals surface area contributed by atoms with E-state index in [1.807, 2.05) is 13.8 Å². The molecule has 1 amide bonds. The third kappa shape index (κ3) is 18.5. The zero-order valence-electron chi connectivity index (χ0n) is 10.9. The highest BCUT2D eigenvalue weighted by atomic mass is 16.2. The van der Waals surface area contributed by atoms with Gasteiger partial charge in [0.2, 0.25) is 5.91 Å². The third-order valence-corrected chi connectivity index (χ3v) is 1.63. The molecule has 0 bridgehead atoms. The normalized spacial score (nSPS) is 8.00. The summed E-state index contributed by atoms with van der Waals surface area (Å²) in [5.74, 6) is 5.78. The molecule has 16 heavy (non-hydrogen) atoms. The Kier molecular flexibility index (Phi) is 14.6. The number of rotatable bonds is 5. The highest BCUT2D eigenvalue weighted by molar-refractivity contribution is 5.83. The van der Waals surface area contributed by atoms with Gasteiger partial charge in [-0.05, 0) is 27.2 Å². The molecule has 3 heteroatoms. The second kappa shape index (κ2) is 13.7. The van der Waals surface area contributed by atoms with Crippen LogP contribution in [0.15, 0.2) is 0 Å². The van der Waals surface area contributed by atoms with Crippen molar-refractivity contribution in [2.24, 2.45) is 0 Å². The van der Waals surface area contributed by atoms with Gasteiger partial charge in [-0.1, -0.05) is 6.92 Å². The van der Waals surface area contributed by atoms with Gasteiger partial charge in [0.05, 0.1) is 0 Å². The van der Waals surface area contributed by atoms with Crippen LogP contribution in [0.3, 0.4) is 0 Å². The maximum atomic E-state index is 10.7. The molecule has 0 heterocycles. The number of carbonyl (C=O) groups is 2. The monoisotopic (exact) mass is 225 g/mol. The summed E-state index contributed by atoms with van der Waals surface area (Å²) in [6.45, 7) is 7.97. The Balaban J connectivity index is 0. The largest absolute Gasteiger partial charge is 0.356 e. The van der Waals surface area contributed by atoms with Crippen molar-refractivity contribution in [3.8, 4) is 11.8 Å². The molecule has 0 aliphatic rings. The van der Waals surface area contributed by atoms with Crippen LogP contribution in [0.5, 0.6) is 0 Å². The Labute approximate surface area is 99.0 Å². The van der Waals surface area contributed by atoms with Gasteiger partial charge in [-0.25, -0.2) is 0 Å². The van der Waals surface area contributed by atoms with E-state index in [1.165, 1.54) is 13.3 Å². The zero-order valence-corrected chi connectivity index (χ0v) is 10.9. The molecule has 0 aliphatic heterocycles. The van der Waals surface area contributed by atoms with Crippen LogP contribution in [0.1, 0.15) is 53.4 Å². The molecule has 0 rings (SSSR count). The topological polar surface area (TPSA) is 46.2 Å². The Morgan fingerprint density at radius 2 is 1.81 bits per heavy atom. The van der Waals surface area contributed by atoms with Gasteiger partial charge in [-0.2, -0.15) is 0 Å². The summed E-state index contributed by atoms with van der Waals surface area (Å²) >= 11 is 0. The van der Waals surface area contributed by atoms with Crippen molar-refractivity contribution in [3.05, 3.63) is 0 Å². The van der Waals surface area contributed by atoms with E-state index in [1.54, 1.807) is 0 Å². The van der Waals surface area contributed by atoms with Crippen molar-refractivity contribution in [1.82, 2.24) is 5.32 Å². The number of amides is 1. The Morgan fingerprint density at radius 3 is 2.12 bits per heavy atom. The molecule has 0 saturated carbocycles. The van der Waals surface area contributed by atoms with Crippen LogP contribution in [0.4, 0.5) is 0 Å². The van der Waals surface area contributed by atoms with E-state index in [2.05, 4.69) is 24.1 Å². The summed E-state index contributed by atoms with van der Waals surface area (Å²) in [4.78, 5) is 21.1. The molecular formula is C13H23NO2. The van der Waals surface area contributed by atoms with E-state index in [9.17, 15) is 9.59 Å². The van der Waals surface area contributed by atoms with Crippen LogP contribution in [-0.2, 0) is 9.59 Å². The molecule has 0 fully saturated rings. The average molecular weight is 225 g/mol. The summed E-state index contributed by atoms with van der Waals surface area (Å²) < 4.78 is 0. The SMILES string of the molecule is CC#CCCC.CCNC(=O)CCC(C)=O. The van der Waals surface area contributed by atoms with E-state index in [4.69, 9.17) is 0 Å². The highest BCUT2D eigenvalue weighted by Gasteiger charge is 2.00. The zero-order chi connectivity index (χ0) is 12.8. The standard InChI is InChI=1S/C7H13NO2.C6H10/c1-3-8-7(10)5-4-6(2)9;1-3-5-6-4-2/h3-5H2,1-2H3,(H,8,10);3,5H2,1-2H3. The van der Waals surface area contributed by atoms with Crippen molar-refractivity contribution < 1.29 is 9.59 Å². The maximum Gasteiger partial charge on any atom is 0.220 e. The van der Waals surface area contributed by atoms with Gasteiger partial charge in [-0.3, -0.25) is 4.79 Å². The van der Waals surface area contributed by atoms with Gasteiger partial charge in [0.15, 0.2) is 0 Å². The number of nitrogens with one attached hydrogen (secondary N) is 1. The minimum atomic E-state index is -0.0438. The van der Waals surface area contributed by atoms with E-state index in [0.29, 0.717) is 19.4 Å². The molecule has 1 N–H and O–H groups in total. The molecular weight excluding hydrogens is 202 g/mol. The second-order valence-electron chi connectivity index (χ2n) is 3.33. The molecule has 92 valence electrons. The molecule has 0 spiro atoms. The van der Waals surface area contributed by atoms with Gasteiger partial charge >= 0.3 is 0 Å². The lowest BCUT2D eigenvalue weighted by Crippen LogP contribution is -2.22. The Bertz CT molecular complexity index is 248. The minimum absolute atomic E-state index is 0.0438. The van der Waals surface area contributed by atoms with E-state index < -0.39 is 0 Å². The van der Waals surface area contributed by atoms with E-state index in [-0.39, 0.29) is 11.7 Å². The van der Waals surface area contributed by atoms with Gasteiger partial charge < -0.3 is 10.1 Å². The summed E-state index contributed by atoms with van der Waals surface area (Å²) in [5.41, 5.74) is 0. The predicted octanol–water partition coefficient (Wildman–Crippen LogP) is 2.30. The average Bonchev–Trinajstić information content (AvgIpc) is 2.25. The van der Waals surface area contributed by atoms with Crippen molar-refractivity contribution in [2.75, 3.05) is 6.54 Å². The molecule has 0 aliphatic carbocycles. The first kappa shape index (κ1) is 17.1.